The van der Waals surface area contributed by atoms with E-state index in [9.17, 15) is 14.4 Å². The third kappa shape index (κ3) is 5.16. The fourth-order valence-corrected chi connectivity index (χ4v) is 2.79. The minimum absolute atomic E-state index is 0.107. The van der Waals surface area contributed by atoms with E-state index in [1.54, 1.807) is 52.0 Å². The van der Waals surface area contributed by atoms with Gasteiger partial charge in [0.15, 0.2) is 6.10 Å². The average molecular weight is 402 g/mol. The number of ether oxygens (including phenoxy) is 3. The van der Waals surface area contributed by atoms with E-state index in [4.69, 9.17) is 14.2 Å². The van der Waals surface area contributed by atoms with Gasteiger partial charge in [-0.3, -0.25) is 4.79 Å². The zero-order valence-electron chi connectivity index (χ0n) is 17.4. The van der Waals surface area contributed by atoms with Gasteiger partial charge in [0.1, 0.15) is 11.4 Å². The van der Waals surface area contributed by atoms with Crippen LogP contribution < -0.4 is 10.1 Å². The summed E-state index contributed by atoms with van der Waals surface area (Å²) in [4.78, 5) is 40.1. The zero-order chi connectivity index (χ0) is 21.7. The maximum absolute atomic E-state index is 12.6. The van der Waals surface area contributed by atoms with Crippen molar-refractivity contribution in [3.8, 4) is 5.75 Å². The number of aromatic amines is 1. The van der Waals surface area contributed by atoms with Crippen molar-refractivity contribution in [1.29, 1.82) is 0 Å². The van der Waals surface area contributed by atoms with Gasteiger partial charge in [0.2, 0.25) is 0 Å². The van der Waals surface area contributed by atoms with Gasteiger partial charge in [-0.1, -0.05) is 12.1 Å². The van der Waals surface area contributed by atoms with E-state index in [2.05, 4.69) is 10.3 Å². The molecule has 2 rings (SSSR count). The molecule has 0 aliphatic heterocycles. The zero-order valence-corrected chi connectivity index (χ0v) is 17.4. The lowest BCUT2D eigenvalue weighted by molar-refractivity contribution is -0.123. The van der Waals surface area contributed by atoms with Crippen molar-refractivity contribution in [3.63, 3.8) is 0 Å². The number of benzene rings is 1. The molecule has 1 amide bonds. The van der Waals surface area contributed by atoms with E-state index in [1.807, 2.05) is 0 Å². The van der Waals surface area contributed by atoms with E-state index in [-0.39, 0.29) is 17.4 Å². The van der Waals surface area contributed by atoms with Gasteiger partial charge in [0, 0.05) is 5.69 Å². The van der Waals surface area contributed by atoms with Crippen LogP contribution in [-0.2, 0) is 14.3 Å². The predicted molar refractivity (Wildman–Crippen MR) is 107 cm³/mol. The molecule has 1 atom stereocenters. The normalized spacial score (nSPS) is 11.7. The Labute approximate surface area is 169 Å². The first-order chi connectivity index (χ1) is 13.6. The van der Waals surface area contributed by atoms with Crippen LogP contribution in [0.3, 0.4) is 0 Å². The van der Waals surface area contributed by atoms with Crippen molar-refractivity contribution >= 4 is 23.5 Å². The monoisotopic (exact) mass is 402 g/mol. The summed E-state index contributed by atoms with van der Waals surface area (Å²) in [5.74, 6) is -1.28. The number of H-pyrrole nitrogens is 1. The van der Waals surface area contributed by atoms with Crippen molar-refractivity contribution in [2.75, 3.05) is 12.4 Å². The number of carbonyl (C=O) groups excluding carboxylic acids is 3. The summed E-state index contributed by atoms with van der Waals surface area (Å²) in [5.41, 5.74) is 1.77. The topological polar surface area (TPSA) is 107 Å². The molecule has 2 N–H and O–H groups in total. The number of methoxy groups -OCH3 is 1. The quantitative estimate of drug-likeness (QED) is 0.688. The van der Waals surface area contributed by atoms with Crippen molar-refractivity contribution in [2.45, 2.75) is 46.8 Å². The Bertz CT molecular complexity index is 916. The van der Waals surface area contributed by atoms with Gasteiger partial charge in [-0.2, -0.15) is 0 Å². The minimum Gasteiger partial charge on any atom is -0.495 e. The third-order valence-corrected chi connectivity index (χ3v) is 4.21. The van der Waals surface area contributed by atoms with Crippen LogP contribution in [0.1, 0.15) is 52.9 Å². The molecule has 0 bridgehead atoms. The molecular weight excluding hydrogens is 376 g/mol. The summed E-state index contributed by atoms with van der Waals surface area (Å²) in [5, 5.41) is 2.66. The number of hydrogen-bond acceptors (Lipinski definition) is 6. The fourth-order valence-electron chi connectivity index (χ4n) is 2.79. The standard InChI is InChI=1S/C21H26N2O6/c1-11(2)28-20(25)17-12(3)18(22-13(17)4)21(26)29-14(5)19(24)23-15-9-7-8-10-16(15)27-6/h7-11,14,22H,1-6H3,(H,23,24)/t14-/m0/s1. The highest BCUT2D eigenvalue weighted by Gasteiger charge is 2.27. The Balaban J connectivity index is 2.11. The summed E-state index contributed by atoms with van der Waals surface area (Å²) >= 11 is 0. The molecule has 1 aromatic carbocycles. The summed E-state index contributed by atoms with van der Waals surface area (Å²) in [6.45, 7) is 8.23. The molecule has 29 heavy (non-hydrogen) atoms. The van der Waals surface area contributed by atoms with Crippen LogP contribution in [0.4, 0.5) is 5.69 Å². The number of amides is 1. The molecule has 0 radical (unpaired) electrons. The molecule has 8 heteroatoms. The van der Waals surface area contributed by atoms with Gasteiger partial charge in [0.25, 0.3) is 5.91 Å². The second-order valence-corrected chi connectivity index (χ2v) is 6.82. The molecule has 0 saturated carbocycles. The van der Waals surface area contributed by atoms with E-state index in [1.165, 1.54) is 14.0 Å². The van der Waals surface area contributed by atoms with Crippen molar-refractivity contribution in [1.82, 2.24) is 4.98 Å². The van der Waals surface area contributed by atoms with Crippen LogP contribution in [-0.4, -0.2) is 42.1 Å². The molecule has 0 unspecified atom stereocenters. The van der Waals surface area contributed by atoms with Gasteiger partial charge < -0.3 is 24.5 Å². The SMILES string of the molecule is COc1ccccc1NC(=O)[C@H](C)OC(=O)c1[nH]c(C)c(C(=O)OC(C)C)c1C. The van der Waals surface area contributed by atoms with Crippen LogP contribution >= 0.6 is 0 Å². The largest absolute Gasteiger partial charge is 0.495 e. The highest BCUT2D eigenvalue weighted by Crippen LogP contribution is 2.24. The number of rotatable bonds is 7. The van der Waals surface area contributed by atoms with Crippen molar-refractivity contribution < 1.29 is 28.6 Å². The first-order valence-electron chi connectivity index (χ1n) is 9.20. The van der Waals surface area contributed by atoms with E-state index in [0.717, 1.165) is 0 Å². The number of anilines is 1. The smallest absolute Gasteiger partial charge is 0.355 e. The highest BCUT2D eigenvalue weighted by atomic mass is 16.6. The van der Waals surface area contributed by atoms with Gasteiger partial charge in [0.05, 0.1) is 24.5 Å². The Morgan fingerprint density at radius 2 is 1.66 bits per heavy atom. The highest BCUT2D eigenvalue weighted by molar-refractivity contribution is 6.00. The molecule has 8 nitrogen and oxygen atoms in total. The lowest BCUT2D eigenvalue weighted by atomic mass is 10.1. The fraction of sp³-hybridized carbons (Fsp3) is 0.381. The van der Waals surface area contributed by atoms with Gasteiger partial charge in [-0.15, -0.1) is 0 Å². The molecule has 1 aromatic heterocycles. The Morgan fingerprint density at radius 1 is 1.00 bits per heavy atom. The number of aryl methyl sites for hydroxylation is 1. The number of para-hydroxylation sites is 2. The second-order valence-electron chi connectivity index (χ2n) is 6.82. The molecular formula is C21H26N2O6. The minimum atomic E-state index is -1.07. The Kier molecular flexibility index (Phi) is 7.03. The number of nitrogens with one attached hydrogen (secondary N) is 2. The van der Waals surface area contributed by atoms with Gasteiger partial charge in [-0.05, 0) is 52.3 Å². The van der Waals surface area contributed by atoms with Crippen LogP contribution in [0.2, 0.25) is 0 Å². The average Bonchev–Trinajstić information content (AvgIpc) is 2.95. The summed E-state index contributed by atoms with van der Waals surface area (Å²) in [7, 11) is 1.49. The first-order valence-corrected chi connectivity index (χ1v) is 9.20. The summed E-state index contributed by atoms with van der Waals surface area (Å²) in [6.07, 6.45) is -1.35. The Morgan fingerprint density at radius 3 is 2.28 bits per heavy atom. The summed E-state index contributed by atoms with van der Waals surface area (Å²) < 4.78 is 15.7. The van der Waals surface area contributed by atoms with Crippen LogP contribution in [0.15, 0.2) is 24.3 Å². The number of esters is 2. The second kappa shape index (κ2) is 9.27. The number of hydrogen-bond donors (Lipinski definition) is 2. The van der Waals surface area contributed by atoms with E-state index in [0.29, 0.717) is 22.7 Å². The lowest BCUT2D eigenvalue weighted by Gasteiger charge is -2.15. The lowest BCUT2D eigenvalue weighted by Crippen LogP contribution is -2.30. The molecule has 0 aliphatic rings. The van der Waals surface area contributed by atoms with Crippen molar-refractivity contribution in [2.24, 2.45) is 0 Å². The molecule has 0 aliphatic carbocycles. The molecule has 0 saturated heterocycles. The third-order valence-electron chi connectivity index (χ3n) is 4.21. The van der Waals surface area contributed by atoms with Gasteiger partial charge in [-0.25, -0.2) is 9.59 Å². The molecule has 0 spiro atoms. The summed E-state index contributed by atoms with van der Waals surface area (Å²) in [6, 6.07) is 6.90. The molecule has 1 heterocycles. The molecule has 2 aromatic rings. The van der Waals surface area contributed by atoms with E-state index < -0.39 is 23.9 Å². The number of carbonyl (C=O) groups is 3. The maximum Gasteiger partial charge on any atom is 0.355 e. The molecule has 0 fully saturated rings. The number of aromatic nitrogens is 1. The van der Waals surface area contributed by atoms with Crippen LogP contribution in [0.25, 0.3) is 0 Å². The van der Waals surface area contributed by atoms with E-state index >= 15 is 0 Å². The van der Waals surface area contributed by atoms with Crippen LogP contribution in [0, 0.1) is 13.8 Å². The predicted octanol–water partition coefficient (Wildman–Crippen LogP) is 3.39. The van der Waals surface area contributed by atoms with Crippen molar-refractivity contribution in [3.05, 3.63) is 46.8 Å². The van der Waals surface area contributed by atoms with Crippen LogP contribution in [0.5, 0.6) is 5.75 Å². The molecule has 156 valence electrons. The Hall–Kier alpha value is -3.29. The maximum atomic E-state index is 12.6. The van der Waals surface area contributed by atoms with Gasteiger partial charge >= 0.3 is 11.9 Å². The first kappa shape index (κ1) is 22.0.